The molecule has 0 bridgehead atoms. The topological polar surface area (TPSA) is 93.1 Å². The van der Waals surface area contributed by atoms with E-state index in [1.165, 1.54) is 0 Å². The number of hydrogen-bond donors (Lipinski definition) is 1. The van der Waals surface area contributed by atoms with Crippen molar-refractivity contribution in [3.05, 3.63) is 36.7 Å². The van der Waals surface area contributed by atoms with Gasteiger partial charge in [-0.1, -0.05) is 0 Å². The Morgan fingerprint density at radius 3 is 2.73 bits per heavy atom. The van der Waals surface area contributed by atoms with Crippen molar-refractivity contribution in [2.45, 2.75) is 38.2 Å². The lowest BCUT2D eigenvalue weighted by Crippen LogP contribution is -2.49. The van der Waals surface area contributed by atoms with Crippen molar-refractivity contribution in [2.75, 3.05) is 25.5 Å². The number of aromatic nitrogens is 4. The van der Waals surface area contributed by atoms with Crippen LogP contribution in [0.2, 0.25) is 0 Å². The first-order chi connectivity index (χ1) is 12.5. The van der Waals surface area contributed by atoms with E-state index in [4.69, 9.17) is 4.74 Å². The Kier molecular flexibility index (Phi) is 5.41. The van der Waals surface area contributed by atoms with Gasteiger partial charge in [0, 0.05) is 50.9 Å². The molecule has 2 aromatic rings. The molecule has 1 N–H and O–H groups in total. The Balaban J connectivity index is 1.80. The van der Waals surface area contributed by atoms with Crippen LogP contribution in [-0.2, 0) is 9.53 Å². The molecule has 8 heteroatoms. The number of rotatable bonds is 5. The van der Waals surface area contributed by atoms with Crippen molar-refractivity contribution in [2.24, 2.45) is 0 Å². The summed E-state index contributed by atoms with van der Waals surface area (Å²) in [6.07, 6.45) is 10.1. The largest absolute Gasteiger partial charge is 0.369 e. The smallest absolute Gasteiger partial charge is 0.254 e. The number of hydrogen-bond acceptors (Lipinski definition) is 7. The van der Waals surface area contributed by atoms with E-state index in [2.05, 4.69) is 25.3 Å². The molecule has 1 aliphatic heterocycles. The van der Waals surface area contributed by atoms with E-state index >= 15 is 0 Å². The van der Waals surface area contributed by atoms with Gasteiger partial charge in [0.25, 0.3) is 5.91 Å². The molecule has 8 nitrogen and oxygen atoms in total. The molecule has 3 rings (SSSR count). The van der Waals surface area contributed by atoms with Crippen LogP contribution in [0.4, 0.5) is 11.6 Å². The van der Waals surface area contributed by atoms with E-state index in [1.54, 1.807) is 51.9 Å². The molecule has 1 saturated heterocycles. The van der Waals surface area contributed by atoms with Crippen LogP contribution in [0.3, 0.4) is 0 Å². The van der Waals surface area contributed by atoms with Gasteiger partial charge < -0.3 is 15.0 Å². The number of nitrogens with zero attached hydrogens (tertiary/aromatic N) is 5. The van der Waals surface area contributed by atoms with Crippen molar-refractivity contribution in [1.82, 2.24) is 24.8 Å². The van der Waals surface area contributed by atoms with Gasteiger partial charge in [-0.15, -0.1) is 0 Å². The van der Waals surface area contributed by atoms with E-state index in [0.29, 0.717) is 18.2 Å². The molecule has 0 spiro atoms. The predicted octanol–water partition coefficient (Wildman–Crippen LogP) is 2.14. The normalized spacial score (nSPS) is 17.8. The first-order valence-corrected chi connectivity index (χ1v) is 8.69. The van der Waals surface area contributed by atoms with Crippen LogP contribution in [0.15, 0.2) is 31.0 Å². The lowest BCUT2D eigenvalue weighted by molar-refractivity contribution is -0.152. The van der Waals surface area contributed by atoms with Gasteiger partial charge in [-0.2, -0.15) is 0 Å². The monoisotopic (exact) mass is 356 g/mol. The number of carbonyl (C=O) groups excluding carboxylic acids is 1. The van der Waals surface area contributed by atoms with Crippen LogP contribution in [-0.4, -0.2) is 56.5 Å². The third kappa shape index (κ3) is 3.96. The molecular formula is C18H24N6O2. The molecule has 0 aliphatic carbocycles. The van der Waals surface area contributed by atoms with Gasteiger partial charge in [-0.05, 0) is 26.7 Å². The first kappa shape index (κ1) is 18.2. The average Bonchev–Trinajstić information content (AvgIpc) is 2.68. The SMILES string of the molecule is COC(C)(C)C(=O)N1CCC[C@@H](c2nccnc2Nc2cnccn2)C1. The highest BCUT2D eigenvalue weighted by Gasteiger charge is 2.35. The Hall–Kier alpha value is -2.61. The maximum Gasteiger partial charge on any atom is 0.254 e. The summed E-state index contributed by atoms with van der Waals surface area (Å²) in [6, 6.07) is 0. The van der Waals surface area contributed by atoms with Gasteiger partial charge in [0.15, 0.2) is 5.82 Å². The zero-order valence-electron chi connectivity index (χ0n) is 15.3. The third-order valence-electron chi connectivity index (χ3n) is 4.66. The van der Waals surface area contributed by atoms with Gasteiger partial charge in [0.2, 0.25) is 0 Å². The Morgan fingerprint density at radius 2 is 2.00 bits per heavy atom. The number of carbonyl (C=O) groups is 1. The van der Waals surface area contributed by atoms with Gasteiger partial charge in [-0.25, -0.2) is 9.97 Å². The highest BCUT2D eigenvalue weighted by molar-refractivity contribution is 5.84. The third-order valence-corrected chi connectivity index (χ3v) is 4.66. The number of methoxy groups -OCH3 is 1. The Morgan fingerprint density at radius 1 is 1.23 bits per heavy atom. The lowest BCUT2D eigenvalue weighted by atomic mass is 9.93. The molecule has 0 radical (unpaired) electrons. The second-order valence-corrected chi connectivity index (χ2v) is 6.81. The van der Waals surface area contributed by atoms with Crippen LogP contribution in [0.1, 0.15) is 38.3 Å². The van der Waals surface area contributed by atoms with Gasteiger partial charge >= 0.3 is 0 Å². The minimum absolute atomic E-state index is 0.00275. The molecule has 2 aromatic heterocycles. The molecule has 1 amide bonds. The van der Waals surface area contributed by atoms with Gasteiger partial charge in [-0.3, -0.25) is 14.8 Å². The summed E-state index contributed by atoms with van der Waals surface area (Å²) in [6.45, 7) is 4.92. The maximum atomic E-state index is 12.7. The maximum absolute atomic E-state index is 12.7. The summed E-state index contributed by atoms with van der Waals surface area (Å²) in [5.74, 6) is 1.36. The minimum Gasteiger partial charge on any atom is -0.369 e. The quantitative estimate of drug-likeness (QED) is 0.877. The molecule has 0 unspecified atom stereocenters. The van der Waals surface area contributed by atoms with Gasteiger partial charge in [0.1, 0.15) is 11.4 Å². The van der Waals surface area contributed by atoms with E-state index in [1.807, 2.05) is 4.90 Å². The summed E-state index contributed by atoms with van der Waals surface area (Å²) in [7, 11) is 1.56. The molecule has 1 fully saturated rings. The number of amides is 1. The molecular weight excluding hydrogens is 332 g/mol. The summed E-state index contributed by atoms with van der Waals surface area (Å²) in [4.78, 5) is 31.8. The zero-order chi connectivity index (χ0) is 18.6. The fraction of sp³-hybridized carbons (Fsp3) is 0.500. The summed E-state index contributed by atoms with van der Waals surface area (Å²) >= 11 is 0. The number of likely N-dealkylation sites (tertiary alicyclic amines) is 1. The average molecular weight is 356 g/mol. The highest BCUT2D eigenvalue weighted by atomic mass is 16.5. The van der Waals surface area contributed by atoms with Crippen LogP contribution in [0.5, 0.6) is 0 Å². The molecule has 1 atom stereocenters. The van der Waals surface area contributed by atoms with E-state index in [9.17, 15) is 4.79 Å². The highest BCUT2D eigenvalue weighted by Crippen LogP contribution is 2.31. The van der Waals surface area contributed by atoms with Crippen LogP contribution in [0.25, 0.3) is 0 Å². The van der Waals surface area contributed by atoms with Crippen molar-refractivity contribution >= 4 is 17.5 Å². The van der Waals surface area contributed by atoms with E-state index in [0.717, 1.165) is 25.1 Å². The summed E-state index contributed by atoms with van der Waals surface area (Å²) in [5, 5.41) is 3.18. The van der Waals surface area contributed by atoms with Crippen LogP contribution in [0, 0.1) is 0 Å². The number of piperidine rings is 1. The molecule has 138 valence electrons. The lowest BCUT2D eigenvalue weighted by Gasteiger charge is -2.37. The van der Waals surface area contributed by atoms with E-state index in [-0.39, 0.29) is 11.8 Å². The fourth-order valence-electron chi connectivity index (χ4n) is 3.08. The number of anilines is 2. The van der Waals surface area contributed by atoms with E-state index < -0.39 is 5.60 Å². The molecule has 3 heterocycles. The standard InChI is InChI=1S/C18H24N6O2/c1-18(2,26-3)17(25)24-10-4-5-13(12-24)15-16(22-9-8-21-15)23-14-11-19-6-7-20-14/h6-9,11,13H,4-5,10,12H2,1-3H3,(H,20,22,23)/t13-/m1/s1. The summed E-state index contributed by atoms with van der Waals surface area (Å²) < 4.78 is 5.35. The van der Waals surface area contributed by atoms with Crippen molar-refractivity contribution < 1.29 is 9.53 Å². The zero-order valence-corrected chi connectivity index (χ0v) is 15.3. The molecule has 0 saturated carbocycles. The molecule has 1 aliphatic rings. The first-order valence-electron chi connectivity index (χ1n) is 8.69. The number of ether oxygens (including phenoxy) is 1. The molecule has 26 heavy (non-hydrogen) atoms. The summed E-state index contributed by atoms with van der Waals surface area (Å²) in [5.41, 5.74) is 0.0104. The Bertz CT molecular complexity index is 752. The van der Waals surface area contributed by atoms with Gasteiger partial charge in [0.05, 0.1) is 11.9 Å². The predicted molar refractivity (Wildman–Crippen MR) is 97.0 cm³/mol. The minimum atomic E-state index is -0.828. The molecule has 0 aromatic carbocycles. The second kappa shape index (κ2) is 7.74. The fourth-order valence-corrected chi connectivity index (χ4v) is 3.08. The second-order valence-electron chi connectivity index (χ2n) is 6.81. The number of nitrogens with one attached hydrogen (secondary N) is 1. The van der Waals surface area contributed by atoms with Crippen molar-refractivity contribution in [3.63, 3.8) is 0 Å². The van der Waals surface area contributed by atoms with Crippen LogP contribution >= 0.6 is 0 Å². The van der Waals surface area contributed by atoms with Crippen LogP contribution < -0.4 is 5.32 Å². The van der Waals surface area contributed by atoms with Crippen molar-refractivity contribution in [1.29, 1.82) is 0 Å². The van der Waals surface area contributed by atoms with Crippen molar-refractivity contribution in [3.8, 4) is 0 Å². The Labute approximate surface area is 153 Å².